The molecular formula is C9H9BrN2S. The lowest BCUT2D eigenvalue weighted by Gasteiger charge is -2.00. The van der Waals surface area contributed by atoms with E-state index in [0.29, 0.717) is 0 Å². The predicted octanol–water partition coefficient (Wildman–Crippen LogP) is 2.96. The fourth-order valence-electron chi connectivity index (χ4n) is 1.29. The molecule has 1 aromatic carbocycles. The highest BCUT2D eigenvalue weighted by Gasteiger charge is 2.03. The number of halogens is 1. The molecule has 1 aromatic heterocycles. The Labute approximate surface area is 88.7 Å². The van der Waals surface area contributed by atoms with Crippen LogP contribution in [0.5, 0.6) is 0 Å². The van der Waals surface area contributed by atoms with Gasteiger partial charge in [-0.15, -0.1) is 11.3 Å². The summed E-state index contributed by atoms with van der Waals surface area (Å²) in [5.41, 5.74) is 13.5. The first-order valence-electron chi connectivity index (χ1n) is 3.84. The summed E-state index contributed by atoms with van der Waals surface area (Å²) < 4.78 is 1.15. The summed E-state index contributed by atoms with van der Waals surface area (Å²) >= 11 is 4.96. The van der Waals surface area contributed by atoms with Crippen molar-refractivity contribution in [1.29, 1.82) is 0 Å². The van der Waals surface area contributed by atoms with Crippen LogP contribution in [0.1, 0.15) is 5.56 Å². The molecule has 1 heterocycles. The van der Waals surface area contributed by atoms with Crippen molar-refractivity contribution >= 4 is 48.0 Å². The van der Waals surface area contributed by atoms with E-state index in [2.05, 4.69) is 22.0 Å². The lowest BCUT2D eigenvalue weighted by molar-refractivity contribution is 1.47. The van der Waals surface area contributed by atoms with Crippen molar-refractivity contribution in [1.82, 2.24) is 0 Å². The number of alkyl halides is 1. The van der Waals surface area contributed by atoms with Crippen molar-refractivity contribution in [3.05, 3.63) is 23.8 Å². The Hall–Kier alpha value is -0.740. The Morgan fingerprint density at radius 1 is 1.23 bits per heavy atom. The maximum Gasteiger partial charge on any atom is 0.0868 e. The summed E-state index contributed by atoms with van der Waals surface area (Å²) in [5.74, 6) is 0. The van der Waals surface area contributed by atoms with Crippen molar-refractivity contribution in [2.24, 2.45) is 0 Å². The van der Waals surface area contributed by atoms with Crippen LogP contribution in [0.3, 0.4) is 0 Å². The standard InChI is InChI=1S/C9H9BrN2S/c10-4-6-1-5-2-9(12)13-8(5)3-7(6)11/h1-3H,4,11-12H2. The maximum absolute atomic E-state index is 5.84. The van der Waals surface area contributed by atoms with E-state index in [1.54, 1.807) is 11.3 Å². The number of rotatable bonds is 1. The molecule has 0 spiro atoms. The maximum atomic E-state index is 5.84. The van der Waals surface area contributed by atoms with Gasteiger partial charge in [0.05, 0.1) is 5.00 Å². The molecule has 0 radical (unpaired) electrons. The third-order valence-corrected chi connectivity index (χ3v) is 3.47. The quantitative estimate of drug-likeness (QED) is 0.609. The summed E-state index contributed by atoms with van der Waals surface area (Å²) in [6, 6.07) is 6.03. The first kappa shape index (κ1) is 8.84. The van der Waals surface area contributed by atoms with Crippen LogP contribution in [0.15, 0.2) is 18.2 Å². The van der Waals surface area contributed by atoms with Gasteiger partial charge in [-0.3, -0.25) is 0 Å². The van der Waals surface area contributed by atoms with Gasteiger partial charge < -0.3 is 11.5 Å². The van der Waals surface area contributed by atoms with Gasteiger partial charge in [-0.25, -0.2) is 0 Å². The molecule has 2 rings (SSSR count). The van der Waals surface area contributed by atoms with Crippen LogP contribution in [0.25, 0.3) is 10.1 Å². The largest absolute Gasteiger partial charge is 0.398 e. The third kappa shape index (κ3) is 1.51. The molecule has 0 amide bonds. The lowest BCUT2D eigenvalue weighted by atomic mass is 10.1. The summed E-state index contributed by atoms with van der Waals surface area (Å²) in [4.78, 5) is 0. The zero-order chi connectivity index (χ0) is 9.42. The molecule has 0 aliphatic heterocycles. The topological polar surface area (TPSA) is 52.0 Å². The SMILES string of the molecule is Nc1cc2cc(CBr)c(N)cc2s1. The Kier molecular flexibility index (Phi) is 2.17. The number of nitrogen functional groups attached to an aromatic ring is 2. The molecule has 2 nitrogen and oxygen atoms in total. The minimum absolute atomic E-state index is 0.782. The fourth-order valence-corrected chi connectivity index (χ4v) is 2.63. The van der Waals surface area contributed by atoms with Crippen LogP contribution in [0.4, 0.5) is 10.7 Å². The molecule has 13 heavy (non-hydrogen) atoms. The van der Waals surface area contributed by atoms with Gasteiger partial charge in [0.2, 0.25) is 0 Å². The van der Waals surface area contributed by atoms with Gasteiger partial charge in [0, 0.05) is 15.7 Å². The molecule has 2 aromatic rings. The second-order valence-corrected chi connectivity index (χ2v) is 4.55. The van der Waals surface area contributed by atoms with Crippen LogP contribution >= 0.6 is 27.3 Å². The van der Waals surface area contributed by atoms with E-state index in [-0.39, 0.29) is 0 Å². The van der Waals surface area contributed by atoms with Gasteiger partial charge in [0.1, 0.15) is 0 Å². The zero-order valence-electron chi connectivity index (χ0n) is 6.88. The van der Waals surface area contributed by atoms with Gasteiger partial charge in [0.25, 0.3) is 0 Å². The summed E-state index contributed by atoms with van der Waals surface area (Å²) in [6.07, 6.45) is 0. The lowest BCUT2D eigenvalue weighted by Crippen LogP contribution is -1.90. The van der Waals surface area contributed by atoms with E-state index in [9.17, 15) is 0 Å². The van der Waals surface area contributed by atoms with Crippen molar-refractivity contribution in [2.75, 3.05) is 11.5 Å². The van der Waals surface area contributed by atoms with Crippen LogP contribution in [0.2, 0.25) is 0 Å². The molecule has 0 saturated carbocycles. The average molecular weight is 257 g/mol. The number of hydrogen-bond donors (Lipinski definition) is 2. The second kappa shape index (κ2) is 3.20. The molecule has 68 valence electrons. The average Bonchev–Trinajstić information content (AvgIpc) is 2.42. The van der Waals surface area contributed by atoms with E-state index >= 15 is 0 Å². The summed E-state index contributed by atoms with van der Waals surface area (Å²) in [6.45, 7) is 0. The number of anilines is 2. The number of thiophene rings is 1. The van der Waals surface area contributed by atoms with Gasteiger partial charge >= 0.3 is 0 Å². The fraction of sp³-hybridized carbons (Fsp3) is 0.111. The van der Waals surface area contributed by atoms with E-state index in [4.69, 9.17) is 11.5 Å². The van der Waals surface area contributed by atoms with Crippen LogP contribution in [-0.4, -0.2) is 0 Å². The van der Waals surface area contributed by atoms with Crippen molar-refractivity contribution in [3.63, 3.8) is 0 Å². The Balaban J connectivity index is 2.72. The van der Waals surface area contributed by atoms with Gasteiger partial charge in [-0.05, 0) is 29.1 Å². The van der Waals surface area contributed by atoms with E-state index in [0.717, 1.165) is 26.3 Å². The summed E-state index contributed by atoms with van der Waals surface area (Å²) in [7, 11) is 0. The number of hydrogen-bond acceptors (Lipinski definition) is 3. The van der Waals surface area contributed by atoms with Crippen molar-refractivity contribution in [2.45, 2.75) is 5.33 Å². The zero-order valence-corrected chi connectivity index (χ0v) is 9.28. The highest BCUT2D eigenvalue weighted by Crippen LogP contribution is 2.31. The molecule has 0 fully saturated rings. The van der Waals surface area contributed by atoms with E-state index in [1.807, 2.05) is 12.1 Å². The summed E-state index contributed by atoms with van der Waals surface area (Å²) in [5, 5.41) is 2.79. The molecular weight excluding hydrogens is 248 g/mol. The van der Waals surface area contributed by atoms with Gasteiger partial charge in [0.15, 0.2) is 0 Å². The molecule has 0 bridgehead atoms. The molecule has 0 aliphatic rings. The molecule has 4 N–H and O–H groups in total. The second-order valence-electron chi connectivity index (χ2n) is 2.87. The van der Waals surface area contributed by atoms with Crippen LogP contribution in [-0.2, 0) is 5.33 Å². The minimum Gasteiger partial charge on any atom is -0.398 e. The molecule has 0 unspecified atom stereocenters. The van der Waals surface area contributed by atoms with E-state index in [1.165, 1.54) is 5.39 Å². The monoisotopic (exact) mass is 256 g/mol. The molecule has 4 heteroatoms. The molecule has 0 aliphatic carbocycles. The smallest absolute Gasteiger partial charge is 0.0868 e. The van der Waals surface area contributed by atoms with Gasteiger partial charge in [-0.2, -0.15) is 0 Å². The van der Waals surface area contributed by atoms with Gasteiger partial charge in [-0.1, -0.05) is 15.9 Å². The Morgan fingerprint density at radius 2 is 2.00 bits per heavy atom. The Bertz CT molecular complexity index is 450. The van der Waals surface area contributed by atoms with Crippen molar-refractivity contribution in [3.8, 4) is 0 Å². The van der Waals surface area contributed by atoms with E-state index < -0.39 is 0 Å². The predicted molar refractivity (Wildman–Crippen MR) is 63.3 cm³/mol. The molecule has 0 saturated heterocycles. The first-order valence-corrected chi connectivity index (χ1v) is 5.78. The molecule has 0 atom stereocenters. The van der Waals surface area contributed by atoms with Crippen LogP contribution in [0, 0.1) is 0 Å². The number of fused-ring (bicyclic) bond motifs is 1. The highest BCUT2D eigenvalue weighted by atomic mass is 79.9. The highest BCUT2D eigenvalue weighted by molar-refractivity contribution is 9.08. The van der Waals surface area contributed by atoms with Crippen LogP contribution < -0.4 is 11.5 Å². The normalized spacial score (nSPS) is 10.8. The number of nitrogens with two attached hydrogens (primary N) is 2. The minimum atomic E-state index is 0.782. The Morgan fingerprint density at radius 3 is 2.69 bits per heavy atom. The van der Waals surface area contributed by atoms with Crippen molar-refractivity contribution < 1.29 is 0 Å². The first-order chi connectivity index (χ1) is 6.20. The third-order valence-electron chi connectivity index (χ3n) is 1.94. The number of benzene rings is 1.